The van der Waals surface area contributed by atoms with Gasteiger partial charge in [0.25, 0.3) is 0 Å². The van der Waals surface area contributed by atoms with Gasteiger partial charge in [0.1, 0.15) is 6.54 Å². The zero-order chi connectivity index (χ0) is 16.7. The van der Waals surface area contributed by atoms with Crippen LogP contribution in [-0.4, -0.2) is 20.0 Å². The predicted octanol–water partition coefficient (Wildman–Crippen LogP) is 1.97. The van der Waals surface area contributed by atoms with E-state index in [1.54, 1.807) is 6.08 Å². The van der Waals surface area contributed by atoms with Crippen LogP contribution in [-0.2, 0) is 17.9 Å². The summed E-state index contributed by atoms with van der Waals surface area (Å²) in [7, 11) is 4.25. The Bertz CT molecular complexity index is 672. The summed E-state index contributed by atoms with van der Waals surface area (Å²) in [4.78, 5) is 13.4. The maximum absolute atomic E-state index is 12.0. The lowest BCUT2D eigenvalue weighted by molar-refractivity contribution is -0.872. The van der Waals surface area contributed by atoms with Gasteiger partial charge in [0.15, 0.2) is 0 Å². The molecule has 0 aliphatic heterocycles. The quantitative estimate of drug-likeness (QED) is 0.786. The summed E-state index contributed by atoms with van der Waals surface area (Å²) < 4.78 is 0. The summed E-state index contributed by atoms with van der Waals surface area (Å²) >= 11 is 0. The zero-order valence-corrected chi connectivity index (χ0v) is 14.1. The molecule has 2 rings (SSSR count). The molecule has 0 heterocycles. The number of benzene rings is 2. The van der Waals surface area contributed by atoms with Gasteiger partial charge in [0, 0.05) is 18.2 Å². The van der Waals surface area contributed by atoms with Crippen LogP contribution in [0.1, 0.15) is 22.3 Å². The highest BCUT2D eigenvalue weighted by atomic mass is 16.1. The molecule has 2 aromatic carbocycles. The van der Waals surface area contributed by atoms with Gasteiger partial charge in [-0.05, 0) is 24.1 Å². The van der Waals surface area contributed by atoms with Gasteiger partial charge < -0.3 is 10.2 Å². The number of hydrogen-bond donors (Lipinski definition) is 2. The average molecular weight is 309 g/mol. The van der Waals surface area contributed by atoms with Gasteiger partial charge in [-0.25, -0.2) is 0 Å². The number of amides is 1. The molecule has 0 saturated heterocycles. The first-order valence-electron chi connectivity index (χ1n) is 7.93. The van der Waals surface area contributed by atoms with Crippen molar-refractivity contribution in [3.63, 3.8) is 0 Å². The normalized spacial score (nSPS) is 11.1. The highest BCUT2D eigenvalue weighted by molar-refractivity contribution is 5.91. The molecule has 0 unspecified atom stereocenters. The molecule has 0 aromatic heterocycles. The van der Waals surface area contributed by atoms with Crippen molar-refractivity contribution in [2.45, 2.75) is 20.0 Å². The molecule has 120 valence electrons. The maximum atomic E-state index is 12.0. The van der Waals surface area contributed by atoms with Crippen LogP contribution in [0.4, 0.5) is 0 Å². The maximum Gasteiger partial charge on any atom is 0.244 e. The zero-order valence-electron chi connectivity index (χ0n) is 14.1. The van der Waals surface area contributed by atoms with E-state index in [0.29, 0.717) is 6.54 Å². The Hall–Kier alpha value is -2.39. The van der Waals surface area contributed by atoms with Crippen molar-refractivity contribution in [3.05, 3.63) is 76.9 Å². The Balaban J connectivity index is 1.93. The third kappa shape index (κ3) is 5.72. The molecule has 0 aliphatic rings. The number of nitrogens with one attached hydrogen (secondary N) is 2. The fourth-order valence-electron chi connectivity index (χ4n) is 2.37. The second-order valence-corrected chi connectivity index (χ2v) is 6.11. The lowest BCUT2D eigenvalue weighted by Gasteiger charge is -2.12. The van der Waals surface area contributed by atoms with Crippen molar-refractivity contribution in [3.8, 4) is 0 Å². The van der Waals surface area contributed by atoms with Gasteiger partial charge in [0.05, 0.1) is 14.1 Å². The predicted molar refractivity (Wildman–Crippen MR) is 95.0 cm³/mol. The van der Waals surface area contributed by atoms with Crippen LogP contribution in [0, 0.1) is 6.92 Å². The van der Waals surface area contributed by atoms with Gasteiger partial charge in [-0.15, -0.1) is 0 Å². The Labute approximate surface area is 138 Å². The van der Waals surface area contributed by atoms with Gasteiger partial charge in [-0.1, -0.05) is 54.1 Å². The Kier molecular flexibility index (Phi) is 6.12. The van der Waals surface area contributed by atoms with Crippen molar-refractivity contribution in [2.75, 3.05) is 14.1 Å². The first-order valence-corrected chi connectivity index (χ1v) is 7.93. The first kappa shape index (κ1) is 17.0. The minimum Gasteiger partial charge on any atom is -0.348 e. The SMILES string of the molecule is Cc1ccc(/C=C/C(=O)NCc2ccccc2C[NH+](C)C)cc1. The van der Waals surface area contributed by atoms with Gasteiger partial charge in [0.2, 0.25) is 5.91 Å². The highest BCUT2D eigenvalue weighted by Gasteiger charge is 2.05. The lowest BCUT2D eigenvalue weighted by atomic mass is 10.1. The van der Waals surface area contributed by atoms with Crippen molar-refractivity contribution >= 4 is 12.0 Å². The average Bonchev–Trinajstić information content (AvgIpc) is 2.53. The fourth-order valence-corrected chi connectivity index (χ4v) is 2.37. The van der Waals surface area contributed by atoms with Crippen LogP contribution >= 0.6 is 0 Å². The van der Waals surface area contributed by atoms with Crippen LogP contribution in [0.5, 0.6) is 0 Å². The molecule has 1 amide bonds. The molecule has 0 atom stereocenters. The van der Waals surface area contributed by atoms with Crippen molar-refractivity contribution in [1.29, 1.82) is 0 Å². The molecular formula is C20H25N2O+. The molecule has 2 aromatic rings. The number of carbonyl (C=O) groups is 1. The van der Waals surface area contributed by atoms with Gasteiger partial charge in [-0.3, -0.25) is 4.79 Å². The highest BCUT2D eigenvalue weighted by Crippen LogP contribution is 2.08. The molecular weight excluding hydrogens is 284 g/mol. The van der Waals surface area contributed by atoms with Crippen LogP contribution in [0.2, 0.25) is 0 Å². The van der Waals surface area contributed by atoms with Crippen LogP contribution in [0.25, 0.3) is 6.08 Å². The molecule has 0 spiro atoms. The smallest absolute Gasteiger partial charge is 0.244 e. The van der Waals surface area contributed by atoms with Crippen molar-refractivity contribution in [1.82, 2.24) is 5.32 Å². The molecule has 2 N–H and O–H groups in total. The third-order valence-corrected chi connectivity index (χ3v) is 3.62. The summed E-state index contributed by atoms with van der Waals surface area (Å²) in [5.74, 6) is -0.0717. The molecule has 0 aliphatic carbocycles. The summed E-state index contributed by atoms with van der Waals surface area (Å²) in [5.41, 5.74) is 4.69. The summed E-state index contributed by atoms with van der Waals surface area (Å²) in [6, 6.07) is 16.3. The van der Waals surface area contributed by atoms with E-state index in [1.807, 2.05) is 49.4 Å². The summed E-state index contributed by atoms with van der Waals surface area (Å²) in [6.07, 6.45) is 3.43. The molecule has 0 saturated carbocycles. The molecule has 0 bridgehead atoms. The molecule has 3 nitrogen and oxygen atoms in total. The monoisotopic (exact) mass is 309 g/mol. The fraction of sp³-hybridized carbons (Fsp3) is 0.250. The van der Waals surface area contributed by atoms with E-state index in [2.05, 4.69) is 31.5 Å². The minimum absolute atomic E-state index is 0.0717. The molecule has 0 fully saturated rings. The number of quaternary nitrogens is 1. The van der Waals surface area contributed by atoms with E-state index in [4.69, 9.17) is 0 Å². The number of rotatable bonds is 6. The number of aryl methyl sites for hydroxylation is 1. The Morgan fingerprint density at radius 3 is 2.35 bits per heavy atom. The van der Waals surface area contributed by atoms with Crippen LogP contribution < -0.4 is 10.2 Å². The van der Waals surface area contributed by atoms with Crippen molar-refractivity contribution in [2.24, 2.45) is 0 Å². The van der Waals surface area contributed by atoms with Crippen LogP contribution in [0.15, 0.2) is 54.6 Å². The molecule has 23 heavy (non-hydrogen) atoms. The Morgan fingerprint density at radius 1 is 1.04 bits per heavy atom. The van der Waals surface area contributed by atoms with E-state index in [1.165, 1.54) is 21.6 Å². The Morgan fingerprint density at radius 2 is 1.70 bits per heavy atom. The second kappa shape index (κ2) is 8.30. The van der Waals surface area contributed by atoms with Crippen LogP contribution in [0.3, 0.4) is 0 Å². The summed E-state index contributed by atoms with van der Waals surface area (Å²) in [5, 5.41) is 2.96. The number of carbonyl (C=O) groups excluding carboxylic acids is 1. The van der Waals surface area contributed by atoms with E-state index in [0.717, 1.165) is 12.1 Å². The van der Waals surface area contributed by atoms with E-state index in [-0.39, 0.29) is 5.91 Å². The summed E-state index contributed by atoms with van der Waals surface area (Å²) in [6.45, 7) is 3.55. The standard InChI is InChI=1S/C20H24N2O/c1-16-8-10-17(11-9-16)12-13-20(23)21-14-18-6-4-5-7-19(18)15-22(2)3/h4-13H,14-15H2,1-3H3,(H,21,23)/p+1/b13-12+. The molecule has 0 radical (unpaired) electrons. The van der Waals surface area contributed by atoms with E-state index >= 15 is 0 Å². The van der Waals surface area contributed by atoms with Crippen molar-refractivity contribution < 1.29 is 9.69 Å². The lowest BCUT2D eigenvalue weighted by Crippen LogP contribution is -3.04. The van der Waals surface area contributed by atoms with Gasteiger partial charge in [-0.2, -0.15) is 0 Å². The van der Waals surface area contributed by atoms with Gasteiger partial charge >= 0.3 is 0 Å². The third-order valence-electron chi connectivity index (χ3n) is 3.62. The van der Waals surface area contributed by atoms with E-state index < -0.39 is 0 Å². The molecule has 3 heteroatoms. The minimum atomic E-state index is -0.0717. The largest absolute Gasteiger partial charge is 0.348 e. The first-order chi connectivity index (χ1) is 11.0. The second-order valence-electron chi connectivity index (χ2n) is 6.11. The number of hydrogen-bond acceptors (Lipinski definition) is 1. The topological polar surface area (TPSA) is 33.5 Å². The van der Waals surface area contributed by atoms with E-state index in [9.17, 15) is 4.79 Å².